The van der Waals surface area contributed by atoms with Gasteiger partial charge in [0, 0.05) is 130 Å². The van der Waals surface area contributed by atoms with Crippen molar-refractivity contribution >= 4 is 35.9 Å². The maximum Gasteiger partial charge on any atom is 0.490 e. The van der Waals surface area contributed by atoms with Crippen LogP contribution in [-0.4, -0.2) is 260 Å². The van der Waals surface area contributed by atoms with E-state index >= 15 is 0 Å². The summed E-state index contributed by atoms with van der Waals surface area (Å²) in [6, 6.07) is 0.962. The number of aliphatic hydroxyl groups is 6. The summed E-state index contributed by atoms with van der Waals surface area (Å²) in [4.78, 5) is 84.0. The van der Waals surface area contributed by atoms with Crippen LogP contribution in [0.2, 0.25) is 0 Å². The van der Waals surface area contributed by atoms with Crippen LogP contribution in [0.15, 0.2) is 71.9 Å². The molecule has 8 aliphatic rings. The van der Waals surface area contributed by atoms with E-state index in [4.69, 9.17) is 33.2 Å². The summed E-state index contributed by atoms with van der Waals surface area (Å²) < 4.78 is 123. The number of Topliss-reactive ketones (excluding diaryl/α,β-unsaturated/α-hetero) is 1. The number of alkyl halides is 6. The number of carbonyl (C=O) groups is 6. The van der Waals surface area contributed by atoms with Crippen LogP contribution in [0.4, 0.5) is 35.9 Å². The van der Waals surface area contributed by atoms with E-state index in [-0.39, 0.29) is 136 Å². The number of piperazine rings is 2. The summed E-state index contributed by atoms with van der Waals surface area (Å²) in [7, 11) is 2.23. The molecule has 0 bridgehead atoms. The Morgan fingerprint density at radius 3 is 1.45 bits per heavy atom. The van der Waals surface area contributed by atoms with E-state index < -0.39 is 150 Å². The van der Waals surface area contributed by atoms with Gasteiger partial charge in [0.15, 0.2) is 11.7 Å². The van der Waals surface area contributed by atoms with E-state index in [2.05, 4.69) is 11.9 Å². The summed E-state index contributed by atoms with van der Waals surface area (Å²) in [5, 5.41) is 64.3. The van der Waals surface area contributed by atoms with Crippen molar-refractivity contribution in [1.29, 1.82) is 0 Å². The maximum absolute atomic E-state index is 13.9. The Kier molecular flexibility index (Phi) is 43.3. The minimum atomic E-state index is -5.34. The number of hydrogen-bond acceptors (Lipinski definition) is 20. The Balaban J connectivity index is 0.000000484. The number of rotatable bonds is 23. The molecule has 0 aromatic heterocycles. The number of quaternary nitrogens is 1. The van der Waals surface area contributed by atoms with Crippen molar-refractivity contribution < 1.29 is 197 Å². The van der Waals surface area contributed by atoms with Gasteiger partial charge in [0.2, 0.25) is 5.78 Å². The minimum absolute atomic E-state index is 0. The van der Waals surface area contributed by atoms with Crippen molar-refractivity contribution in [3.63, 3.8) is 0 Å². The molecule has 1 radical (unpaired) electrons. The van der Waals surface area contributed by atoms with Crippen LogP contribution in [0.25, 0.3) is 0 Å². The Bertz CT molecular complexity index is 3370. The van der Waals surface area contributed by atoms with Crippen molar-refractivity contribution in [2.45, 2.75) is 345 Å². The van der Waals surface area contributed by atoms with Crippen LogP contribution in [0.1, 0.15) is 231 Å². The second-order valence-electron chi connectivity index (χ2n) is 35.5. The van der Waals surface area contributed by atoms with Gasteiger partial charge < -0.3 is 97.2 Å². The molecule has 0 aromatic rings. The van der Waals surface area contributed by atoms with Crippen LogP contribution < -0.4 is 24.0 Å². The van der Waals surface area contributed by atoms with Crippen molar-refractivity contribution in [2.75, 3.05) is 59.4 Å². The van der Waals surface area contributed by atoms with Crippen molar-refractivity contribution in [1.82, 2.24) is 14.7 Å². The number of halogens is 7. The average molecular weight is 2060 g/mol. The fourth-order valence-corrected chi connectivity index (χ4v) is 17.3. The smallest absolute Gasteiger partial charge is 0.490 e. The van der Waals surface area contributed by atoms with E-state index in [1.54, 1.807) is 95.1 Å². The van der Waals surface area contributed by atoms with Gasteiger partial charge in [-0.15, -0.1) is 0 Å². The molecule has 6 aliphatic heterocycles. The third kappa shape index (κ3) is 32.9. The molecule has 0 aromatic carbocycles. The zero-order valence-electron chi connectivity index (χ0n) is 71.5. The third-order valence-electron chi connectivity index (χ3n) is 25.4. The summed E-state index contributed by atoms with van der Waals surface area (Å²) in [5.41, 5.74) is -5.03. The SMILES string of the molecule is CC[C@H](O)[C@@H](C)[C@H]1O[C@@H]1C[C@@](C)(O)/C=C/C=C(\C)[C@H]1OC(=O)C[C@H](O)CC[C@@](C)(CC(=O)C(F)(F)F)[C@@H](OC(=O)N2CC[N+](C)(C3CCCCCC3)CC2)/C=C/[C@@H]1C.CC[C@H](O)[C@@H](C)[C@H]1O[C@@H]1C[C@@](C)(O)/C=C/C=C(\C)[C@H]1OC(=O)C[C@H](O)CC[C@@](C)(OC(=O)C(F)(F)F)[C@@H](OC(=O)N2CCN(C3CCCCCC3)CC2)/C=C/[C@@H]1C.[I-].[U].[V]. The first-order chi connectivity index (χ1) is 53.8. The predicted molar refractivity (Wildman–Crippen MR) is 419 cm³/mol. The third-order valence-corrected chi connectivity index (χ3v) is 25.4. The molecule has 23 nitrogen and oxygen atoms in total. The molecule has 6 N–H and O–H groups in total. The normalized spacial score (nSPS) is 32.4. The second kappa shape index (κ2) is 47.8. The minimum Gasteiger partial charge on any atom is -1.00 e. The zero-order chi connectivity index (χ0) is 85.2. The number of allylic oxidation sites excluding steroid dienone is 4. The first kappa shape index (κ1) is 107. The number of carbonyl (C=O) groups excluding carboxylic acids is 6. The second-order valence-corrected chi connectivity index (χ2v) is 35.5. The van der Waals surface area contributed by atoms with Crippen LogP contribution in [0.3, 0.4) is 0 Å². The predicted octanol–water partition coefficient (Wildman–Crippen LogP) is 10.1. The van der Waals surface area contributed by atoms with Crippen molar-refractivity contribution in [3.05, 3.63) is 71.9 Å². The maximum atomic E-state index is 13.9. The van der Waals surface area contributed by atoms with E-state index in [9.17, 15) is 85.7 Å². The van der Waals surface area contributed by atoms with E-state index in [0.717, 1.165) is 43.3 Å². The Hall–Kier alpha value is -3.39. The molecule has 671 valence electrons. The van der Waals surface area contributed by atoms with Gasteiger partial charge in [-0.25, -0.2) is 14.4 Å². The summed E-state index contributed by atoms with van der Waals surface area (Å²) >= 11 is 0. The summed E-state index contributed by atoms with van der Waals surface area (Å²) in [5.74, 6) is -7.28. The molecule has 20 atom stereocenters. The Morgan fingerprint density at radius 2 is 1.03 bits per heavy atom. The van der Waals surface area contributed by atoms with E-state index in [1.807, 2.05) is 27.7 Å². The largest absolute Gasteiger partial charge is 1.00 e. The number of cyclic esters (lactones) is 2. The molecule has 8 rings (SSSR count). The molecule has 6 fully saturated rings. The molecule has 2 aliphatic carbocycles. The van der Waals surface area contributed by atoms with Gasteiger partial charge in [0.1, 0.15) is 18.3 Å². The first-order valence-electron chi connectivity index (χ1n) is 42.2. The van der Waals surface area contributed by atoms with Crippen molar-refractivity contribution in [2.24, 2.45) is 29.1 Å². The monoisotopic (exact) mass is 2060 g/mol. The zero-order valence-corrected chi connectivity index (χ0v) is 79.2. The molecule has 0 unspecified atom stereocenters. The number of epoxide rings is 2. The van der Waals surface area contributed by atoms with Crippen LogP contribution in [-0.2, 0) is 70.9 Å². The van der Waals surface area contributed by atoms with Crippen LogP contribution in [0.5, 0.6) is 0 Å². The van der Waals surface area contributed by atoms with Gasteiger partial charge >= 0.3 is 42.4 Å². The molecule has 6 heterocycles. The number of aliphatic hydroxyl groups excluding tert-OH is 4. The standard InChI is InChI=1S/C44H70F3N2O9.C42H65F3N2O10.HI.U.V/c1-8-34(51)31(4)40-35(56-40)27-43(6,55)20-13-14-29(2)39-30(3)17-18-37(42(5,28-36(52)44(45,46)47)21-19-33(50)26-38(53)58-39)57-41(54)48-22-24-49(7,25-23-48)32-15-11-9-10-12-16-32;1-7-32(49)29(4)37-33(54-37)26-40(5,53)19-12-13-27(2)36-28(3)16-17-34(41(6,57-38(51)42(43,44)45)20-18-31(48)25-35(50)56-36)55-39(52)47-23-21-46(22-24-47)30-14-10-8-9-11-15-30;;;/h13-14,17-18,20,30-35,37,39-40,50-51,55H,8-12,15-16,19,21-28H2,1-7H3;12-13,16-17,19,28-34,36-37,48-49,53H,7-11,14-15,18,20-26H2,1-6H3;1H;;/q+1;;;;/p-1/b18-17+,20-13+,29-14+;17-16+,19-12+,27-13+;;;/t30-,31+,33+,34-,35+,37-,39+,40+,42-,43-;28-,29+,31+,32-,33+,34-,36+,37+,40-,41+;;;/m00.../s1. The van der Waals surface area contributed by atoms with Gasteiger partial charge in [-0.3, -0.25) is 24.2 Å². The molecule has 4 saturated heterocycles. The van der Waals surface area contributed by atoms with Gasteiger partial charge in [-0.2, -0.15) is 26.3 Å². The molecule has 2 saturated carbocycles. The van der Waals surface area contributed by atoms with Gasteiger partial charge in [-0.1, -0.05) is 136 Å². The van der Waals surface area contributed by atoms with Crippen LogP contribution >= 0.6 is 0 Å². The van der Waals surface area contributed by atoms with Crippen molar-refractivity contribution in [3.8, 4) is 0 Å². The Labute approximate surface area is 747 Å². The molecule has 32 heteroatoms. The molecular formula is C86H135F6IN4O19UV. The summed E-state index contributed by atoms with van der Waals surface area (Å²) in [6.07, 6.45) is 8.04. The fraction of sp³-hybridized carbons (Fsp3) is 0.791. The van der Waals surface area contributed by atoms with Crippen LogP contribution in [0, 0.1) is 60.2 Å². The number of esters is 3. The van der Waals surface area contributed by atoms with E-state index in [0.29, 0.717) is 88.2 Å². The number of ketones is 1. The number of nitrogens with zero attached hydrogens (tertiary/aromatic N) is 4. The number of likely N-dealkylation sites (N-methyl/N-ethyl adjacent to an activating group) is 1. The topological polar surface area (TPSA) is 305 Å². The quantitative estimate of drug-likeness (QED) is 0.00638. The average Bonchev–Trinajstić information content (AvgIpc) is 1.64. The summed E-state index contributed by atoms with van der Waals surface area (Å²) in [6.45, 7) is 24.8. The molecule has 2 amide bonds. The Morgan fingerprint density at radius 1 is 0.619 bits per heavy atom. The van der Waals surface area contributed by atoms with Gasteiger partial charge in [0.05, 0.1) is 112 Å². The van der Waals surface area contributed by atoms with Gasteiger partial charge in [0.25, 0.3) is 0 Å². The number of hydrogen-bond donors (Lipinski definition) is 6. The van der Waals surface area contributed by atoms with E-state index in [1.165, 1.54) is 82.3 Å². The number of amides is 2. The first-order valence-corrected chi connectivity index (χ1v) is 42.2. The van der Waals surface area contributed by atoms with Gasteiger partial charge in [-0.05, 0) is 135 Å². The molecule has 118 heavy (non-hydrogen) atoms. The number of ether oxygens (including phenoxy) is 7. The fourth-order valence-electron chi connectivity index (χ4n) is 17.3. The molecule has 0 spiro atoms. The molecular weight excluding hydrogens is 1920 g/mol.